The molecular formula is C18H22F2N4O. The zero-order valence-corrected chi connectivity index (χ0v) is 14.0. The first-order valence-electron chi connectivity index (χ1n) is 8.38. The summed E-state index contributed by atoms with van der Waals surface area (Å²) in [6.07, 6.45) is 4.21. The lowest BCUT2D eigenvalue weighted by Crippen LogP contribution is -2.49. The maximum Gasteiger partial charge on any atom is 0.137 e. The molecule has 1 aliphatic rings. The van der Waals surface area contributed by atoms with Gasteiger partial charge in [-0.1, -0.05) is 18.2 Å². The van der Waals surface area contributed by atoms with E-state index in [1.807, 2.05) is 0 Å². The van der Waals surface area contributed by atoms with Crippen LogP contribution in [0.5, 0.6) is 0 Å². The number of aromatic nitrogens is 3. The Morgan fingerprint density at radius 2 is 2.00 bits per heavy atom. The Bertz CT molecular complexity index is 710. The Balaban J connectivity index is 1.78. The highest BCUT2D eigenvalue weighted by Gasteiger charge is 2.29. The van der Waals surface area contributed by atoms with E-state index in [1.165, 1.54) is 30.4 Å². The van der Waals surface area contributed by atoms with Gasteiger partial charge in [0.15, 0.2) is 0 Å². The number of benzene rings is 1. The summed E-state index contributed by atoms with van der Waals surface area (Å²) in [5.74, 6) is -1.19. The number of aliphatic hydroxyl groups is 1. The lowest BCUT2D eigenvalue weighted by Gasteiger charge is -2.38. The van der Waals surface area contributed by atoms with Gasteiger partial charge in [0, 0.05) is 25.2 Å². The molecule has 0 radical (unpaired) electrons. The quantitative estimate of drug-likeness (QED) is 0.813. The van der Waals surface area contributed by atoms with Crippen molar-refractivity contribution in [1.82, 2.24) is 19.7 Å². The molecule has 2 unspecified atom stereocenters. The highest BCUT2D eigenvalue weighted by atomic mass is 19.1. The van der Waals surface area contributed by atoms with Crippen LogP contribution in [0, 0.1) is 11.6 Å². The van der Waals surface area contributed by atoms with Crippen LogP contribution in [0.1, 0.15) is 18.4 Å². The molecule has 2 aromatic rings. The Morgan fingerprint density at radius 1 is 1.24 bits per heavy atom. The second-order valence-electron chi connectivity index (χ2n) is 6.48. The maximum atomic E-state index is 14.1. The van der Waals surface area contributed by atoms with Crippen molar-refractivity contribution in [3.8, 4) is 0 Å². The van der Waals surface area contributed by atoms with Crippen molar-refractivity contribution in [2.45, 2.75) is 38.0 Å². The SMILES string of the molecule is C=C1CCN(C(Cc2ccc(F)cc2F)C(O)Cn2cncn2)CC1. The smallest absolute Gasteiger partial charge is 0.137 e. The van der Waals surface area contributed by atoms with Crippen LogP contribution in [0.3, 0.4) is 0 Å². The van der Waals surface area contributed by atoms with Crippen LogP contribution in [-0.2, 0) is 13.0 Å². The van der Waals surface area contributed by atoms with E-state index in [9.17, 15) is 13.9 Å². The summed E-state index contributed by atoms with van der Waals surface area (Å²) < 4.78 is 28.8. The second kappa shape index (κ2) is 7.84. The molecule has 1 aliphatic heterocycles. The molecule has 1 aromatic heterocycles. The van der Waals surface area contributed by atoms with Gasteiger partial charge in [-0.25, -0.2) is 13.8 Å². The summed E-state index contributed by atoms with van der Waals surface area (Å²) in [6.45, 7) is 5.81. The van der Waals surface area contributed by atoms with Crippen LogP contribution in [0.15, 0.2) is 43.0 Å². The van der Waals surface area contributed by atoms with E-state index < -0.39 is 17.7 Å². The fourth-order valence-electron chi connectivity index (χ4n) is 3.23. The molecule has 7 heteroatoms. The summed E-state index contributed by atoms with van der Waals surface area (Å²) in [4.78, 5) is 6.03. The average Bonchev–Trinajstić information content (AvgIpc) is 3.08. The van der Waals surface area contributed by atoms with Crippen LogP contribution in [0.4, 0.5) is 8.78 Å². The summed E-state index contributed by atoms with van der Waals surface area (Å²) in [5.41, 5.74) is 1.59. The summed E-state index contributed by atoms with van der Waals surface area (Å²) in [5, 5.41) is 14.8. The largest absolute Gasteiger partial charge is 0.390 e. The highest BCUT2D eigenvalue weighted by Crippen LogP contribution is 2.22. The molecule has 0 amide bonds. The number of rotatable bonds is 6. The van der Waals surface area contributed by atoms with Crippen LogP contribution in [0.25, 0.3) is 0 Å². The number of aliphatic hydroxyl groups excluding tert-OH is 1. The van der Waals surface area contributed by atoms with Crippen LogP contribution in [0.2, 0.25) is 0 Å². The predicted octanol–water partition coefficient (Wildman–Crippen LogP) is 2.18. The lowest BCUT2D eigenvalue weighted by molar-refractivity contribution is 0.0310. The van der Waals surface area contributed by atoms with Gasteiger partial charge in [-0.05, 0) is 30.9 Å². The van der Waals surface area contributed by atoms with Crippen molar-refractivity contribution >= 4 is 0 Å². The lowest BCUT2D eigenvalue weighted by atomic mass is 9.95. The molecule has 2 heterocycles. The molecule has 134 valence electrons. The Kier molecular flexibility index (Phi) is 5.55. The van der Waals surface area contributed by atoms with Gasteiger partial charge in [-0.15, -0.1) is 0 Å². The van der Waals surface area contributed by atoms with Gasteiger partial charge < -0.3 is 5.11 Å². The minimum absolute atomic E-state index is 0.269. The predicted molar refractivity (Wildman–Crippen MR) is 89.8 cm³/mol. The molecule has 0 bridgehead atoms. The van der Waals surface area contributed by atoms with Gasteiger partial charge in [0.25, 0.3) is 0 Å². The Labute approximate surface area is 145 Å². The van der Waals surface area contributed by atoms with Crippen molar-refractivity contribution in [2.75, 3.05) is 13.1 Å². The minimum atomic E-state index is -0.752. The number of hydrogen-bond donors (Lipinski definition) is 1. The van der Waals surface area contributed by atoms with E-state index in [1.54, 1.807) is 4.68 Å². The normalized spacial score (nSPS) is 18.3. The topological polar surface area (TPSA) is 54.2 Å². The third-order valence-electron chi connectivity index (χ3n) is 4.70. The average molecular weight is 348 g/mol. The van der Waals surface area contributed by atoms with Crippen molar-refractivity contribution < 1.29 is 13.9 Å². The van der Waals surface area contributed by atoms with E-state index in [-0.39, 0.29) is 12.6 Å². The van der Waals surface area contributed by atoms with Crippen molar-refractivity contribution in [3.05, 3.63) is 60.2 Å². The van der Waals surface area contributed by atoms with E-state index >= 15 is 0 Å². The third kappa shape index (κ3) is 4.49. The molecule has 25 heavy (non-hydrogen) atoms. The van der Waals surface area contributed by atoms with Gasteiger partial charge >= 0.3 is 0 Å². The van der Waals surface area contributed by atoms with Crippen LogP contribution in [-0.4, -0.2) is 50.0 Å². The molecule has 0 saturated carbocycles. The molecule has 1 aromatic carbocycles. The van der Waals surface area contributed by atoms with Gasteiger partial charge in [0.05, 0.1) is 12.6 Å². The van der Waals surface area contributed by atoms with E-state index in [2.05, 4.69) is 21.6 Å². The molecule has 1 N–H and O–H groups in total. The molecule has 0 spiro atoms. The number of nitrogens with zero attached hydrogens (tertiary/aromatic N) is 4. The molecule has 5 nitrogen and oxygen atoms in total. The zero-order valence-electron chi connectivity index (χ0n) is 14.0. The Morgan fingerprint density at radius 3 is 2.64 bits per heavy atom. The zero-order chi connectivity index (χ0) is 17.8. The number of piperidine rings is 1. The molecular weight excluding hydrogens is 326 g/mol. The summed E-state index contributed by atoms with van der Waals surface area (Å²) in [7, 11) is 0. The fraction of sp³-hybridized carbons (Fsp3) is 0.444. The first-order valence-corrected chi connectivity index (χ1v) is 8.38. The van der Waals surface area contributed by atoms with E-state index in [0.29, 0.717) is 12.0 Å². The van der Waals surface area contributed by atoms with Gasteiger partial charge in [-0.3, -0.25) is 9.58 Å². The highest BCUT2D eigenvalue weighted by molar-refractivity contribution is 5.20. The molecule has 1 saturated heterocycles. The van der Waals surface area contributed by atoms with Gasteiger partial charge in [-0.2, -0.15) is 5.10 Å². The summed E-state index contributed by atoms with van der Waals surface area (Å²) in [6, 6.07) is 3.28. The summed E-state index contributed by atoms with van der Waals surface area (Å²) >= 11 is 0. The molecule has 1 fully saturated rings. The first kappa shape index (κ1) is 17.7. The van der Waals surface area contributed by atoms with E-state index in [0.717, 1.165) is 32.0 Å². The number of halogens is 2. The van der Waals surface area contributed by atoms with Crippen molar-refractivity contribution in [3.63, 3.8) is 0 Å². The van der Waals surface area contributed by atoms with Gasteiger partial charge in [0.2, 0.25) is 0 Å². The second-order valence-corrected chi connectivity index (χ2v) is 6.48. The molecule has 0 aliphatic carbocycles. The molecule has 2 atom stereocenters. The van der Waals surface area contributed by atoms with Gasteiger partial charge in [0.1, 0.15) is 24.3 Å². The standard InChI is InChI=1S/C18H22F2N4O/c1-13-4-6-23(7-5-13)17(18(25)10-24-12-21-11-22-24)8-14-2-3-15(19)9-16(14)20/h2-3,9,11-12,17-18,25H,1,4-8,10H2. The van der Waals surface area contributed by atoms with Crippen molar-refractivity contribution in [2.24, 2.45) is 0 Å². The number of likely N-dealkylation sites (tertiary alicyclic amines) is 1. The first-order chi connectivity index (χ1) is 12.0. The third-order valence-corrected chi connectivity index (χ3v) is 4.70. The maximum absolute atomic E-state index is 14.1. The van der Waals surface area contributed by atoms with Crippen LogP contribution < -0.4 is 0 Å². The van der Waals surface area contributed by atoms with Crippen molar-refractivity contribution in [1.29, 1.82) is 0 Å². The van der Waals surface area contributed by atoms with E-state index in [4.69, 9.17) is 0 Å². The monoisotopic (exact) mass is 348 g/mol. The molecule has 3 rings (SSSR count). The fourth-order valence-corrected chi connectivity index (χ4v) is 3.23. The van der Waals surface area contributed by atoms with Crippen LogP contribution >= 0.6 is 0 Å². The Hall–Kier alpha value is -2.12. The number of hydrogen-bond acceptors (Lipinski definition) is 4. The minimum Gasteiger partial charge on any atom is -0.390 e.